The van der Waals surface area contributed by atoms with Crippen LogP contribution in [0.4, 0.5) is 0 Å². The van der Waals surface area contributed by atoms with Gasteiger partial charge in [-0.05, 0) is 73.8 Å². The van der Waals surface area contributed by atoms with Crippen molar-refractivity contribution in [1.29, 1.82) is 0 Å². The third-order valence-corrected chi connectivity index (χ3v) is 7.60. The Kier molecular flexibility index (Phi) is 3.21. The van der Waals surface area contributed by atoms with E-state index in [0.29, 0.717) is 17.6 Å². The Labute approximate surface area is 133 Å². The van der Waals surface area contributed by atoms with E-state index in [9.17, 15) is 9.90 Å². The first kappa shape index (κ1) is 14.7. The molecule has 7 atom stereocenters. The highest BCUT2D eigenvalue weighted by Crippen LogP contribution is 2.62. The third kappa shape index (κ3) is 1.86. The number of rotatable bonds is 0. The summed E-state index contributed by atoms with van der Waals surface area (Å²) in [5.41, 5.74) is 2.54. The second-order valence-electron chi connectivity index (χ2n) is 8.65. The largest absolute Gasteiger partial charge is 0.388 e. The normalized spacial score (nSPS) is 51.0. The topological polar surface area (TPSA) is 37.3 Å². The number of carbonyl (C=O) groups excluding carboxylic acids is 1. The summed E-state index contributed by atoms with van der Waals surface area (Å²) in [7, 11) is 0. The molecule has 4 rings (SSSR count). The molecule has 2 nitrogen and oxygen atoms in total. The first-order valence-electron chi connectivity index (χ1n) is 9.02. The average molecular weight is 300 g/mol. The van der Waals surface area contributed by atoms with Crippen molar-refractivity contribution in [2.45, 2.75) is 58.5 Å². The van der Waals surface area contributed by atoms with E-state index in [2.05, 4.69) is 20.4 Å². The Hall–Kier alpha value is -0.890. The van der Waals surface area contributed by atoms with Crippen molar-refractivity contribution in [3.8, 4) is 0 Å². The van der Waals surface area contributed by atoms with Gasteiger partial charge in [0, 0.05) is 11.3 Å². The molecule has 1 N–H and O–H groups in total. The Balaban J connectivity index is 1.65. The summed E-state index contributed by atoms with van der Waals surface area (Å²) in [6.45, 7) is 8.52. The van der Waals surface area contributed by atoms with E-state index in [4.69, 9.17) is 0 Å². The van der Waals surface area contributed by atoms with Crippen LogP contribution in [0.15, 0.2) is 23.8 Å². The standard InChI is InChI=1S/C20H28O2/c1-11-8-16-13(10-18(11)21)4-5-15-14(16)6-7-20(3)17(15)9-12(2)19(20)22/h10-11,14-17,19,22H,2,4-9H2,1,3H3/t11?,14-,15+,16-,17-,19-,20-/m0/s1. The molecule has 2 heteroatoms. The number of ketones is 1. The summed E-state index contributed by atoms with van der Waals surface area (Å²) >= 11 is 0. The maximum Gasteiger partial charge on any atom is 0.158 e. The van der Waals surface area contributed by atoms with Crippen LogP contribution in [0.3, 0.4) is 0 Å². The Morgan fingerprint density at radius 2 is 2.09 bits per heavy atom. The third-order valence-electron chi connectivity index (χ3n) is 7.60. The molecular formula is C20H28O2. The monoisotopic (exact) mass is 300 g/mol. The van der Waals surface area contributed by atoms with Crippen LogP contribution in [0.1, 0.15) is 52.4 Å². The second-order valence-corrected chi connectivity index (χ2v) is 8.65. The predicted molar refractivity (Wildman–Crippen MR) is 87.2 cm³/mol. The first-order chi connectivity index (χ1) is 10.4. The van der Waals surface area contributed by atoms with E-state index in [1.165, 1.54) is 18.4 Å². The summed E-state index contributed by atoms with van der Waals surface area (Å²) in [6, 6.07) is 0. The molecule has 0 spiro atoms. The molecule has 0 aromatic heterocycles. The molecule has 4 aliphatic rings. The molecule has 0 amide bonds. The van der Waals surface area contributed by atoms with Crippen LogP contribution in [0.2, 0.25) is 0 Å². The highest BCUT2D eigenvalue weighted by molar-refractivity contribution is 5.93. The van der Waals surface area contributed by atoms with Crippen molar-refractivity contribution in [2.75, 3.05) is 0 Å². The summed E-state index contributed by atoms with van der Waals surface area (Å²) in [6.07, 6.45) is 8.37. The fourth-order valence-corrected chi connectivity index (χ4v) is 6.28. The highest BCUT2D eigenvalue weighted by atomic mass is 16.3. The molecule has 0 saturated heterocycles. The lowest BCUT2D eigenvalue weighted by Gasteiger charge is -2.53. The van der Waals surface area contributed by atoms with Gasteiger partial charge in [-0.3, -0.25) is 4.79 Å². The smallest absolute Gasteiger partial charge is 0.158 e. The van der Waals surface area contributed by atoms with Crippen LogP contribution < -0.4 is 0 Å². The number of allylic oxidation sites excluding steroid dienone is 1. The number of hydrogen-bond acceptors (Lipinski definition) is 2. The number of aliphatic hydroxyl groups excluding tert-OH is 1. The van der Waals surface area contributed by atoms with Gasteiger partial charge < -0.3 is 5.11 Å². The quantitative estimate of drug-likeness (QED) is 0.689. The zero-order valence-corrected chi connectivity index (χ0v) is 13.8. The van der Waals surface area contributed by atoms with E-state index < -0.39 is 0 Å². The van der Waals surface area contributed by atoms with Gasteiger partial charge in [0.25, 0.3) is 0 Å². The summed E-state index contributed by atoms with van der Waals surface area (Å²) in [5.74, 6) is 3.21. The molecule has 3 fully saturated rings. The van der Waals surface area contributed by atoms with Crippen molar-refractivity contribution < 1.29 is 9.90 Å². The van der Waals surface area contributed by atoms with Crippen molar-refractivity contribution >= 4 is 5.78 Å². The molecule has 120 valence electrons. The van der Waals surface area contributed by atoms with Crippen LogP contribution in [-0.4, -0.2) is 17.0 Å². The van der Waals surface area contributed by atoms with Crippen LogP contribution in [0.5, 0.6) is 0 Å². The van der Waals surface area contributed by atoms with E-state index in [0.717, 1.165) is 43.1 Å². The molecule has 22 heavy (non-hydrogen) atoms. The molecule has 0 radical (unpaired) electrons. The van der Waals surface area contributed by atoms with Gasteiger partial charge in [0.05, 0.1) is 6.10 Å². The molecule has 0 heterocycles. The summed E-state index contributed by atoms with van der Waals surface area (Å²) in [5, 5.41) is 10.6. The molecule has 1 unspecified atom stereocenters. The lowest BCUT2D eigenvalue weighted by Crippen LogP contribution is -2.48. The van der Waals surface area contributed by atoms with E-state index in [-0.39, 0.29) is 17.4 Å². The van der Waals surface area contributed by atoms with Gasteiger partial charge in [0.15, 0.2) is 5.78 Å². The zero-order valence-electron chi connectivity index (χ0n) is 13.8. The van der Waals surface area contributed by atoms with Crippen LogP contribution in [0, 0.1) is 35.0 Å². The lowest BCUT2D eigenvalue weighted by molar-refractivity contribution is -0.119. The molecule has 4 aliphatic carbocycles. The van der Waals surface area contributed by atoms with Crippen LogP contribution >= 0.6 is 0 Å². The van der Waals surface area contributed by atoms with Crippen LogP contribution in [0.25, 0.3) is 0 Å². The van der Waals surface area contributed by atoms with Crippen molar-refractivity contribution in [3.63, 3.8) is 0 Å². The van der Waals surface area contributed by atoms with E-state index in [1.807, 2.05) is 6.08 Å². The van der Waals surface area contributed by atoms with Gasteiger partial charge in [-0.2, -0.15) is 0 Å². The Bertz CT molecular complexity index is 560. The lowest BCUT2D eigenvalue weighted by atomic mass is 9.51. The maximum absolute atomic E-state index is 12.0. The van der Waals surface area contributed by atoms with Gasteiger partial charge in [-0.25, -0.2) is 0 Å². The van der Waals surface area contributed by atoms with Crippen LogP contribution in [-0.2, 0) is 4.79 Å². The van der Waals surface area contributed by atoms with Crippen molar-refractivity contribution in [3.05, 3.63) is 23.8 Å². The number of carbonyl (C=O) groups is 1. The SMILES string of the molecule is C=C1C[C@H]2[C@@H]3CCC4=CC(=O)C(C)C[C@@H]4[C@H]3CC[C@]2(C)[C@H]1O. The zero-order chi connectivity index (χ0) is 15.6. The summed E-state index contributed by atoms with van der Waals surface area (Å²) < 4.78 is 0. The van der Waals surface area contributed by atoms with Gasteiger partial charge in [-0.1, -0.05) is 26.0 Å². The molecular weight excluding hydrogens is 272 g/mol. The number of fused-ring (bicyclic) bond motifs is 5. The fourth-order valence-electron chi connectivity index (χ4n) is 6.28. The second kappa shape index (κ2) is 4.80. The Morgan fingerprint density at radius 1 is 1.32 bits per heavy atom. The van der Waals surface area contributed by atoms with Gasteiger partial charge in [-0.15, -0.1) is 0 Å². The first-order valence-corrected chi connectivity index (χ1v) is 9.02. The average Bonchev–Trinajstić information content (AvgIpc) is 2.72. The molecule has 0 bridgehead atoms. The van der Waals surface area contributed by atoms with Gasteiger partial charge >= 0.3 is 0 Å². The predicted octanol–water partition coefficient (Wildman–Crippen LogP) is 3.90. The van der Waals surface area contributed by atoms with E-state index >= 15 is 0 Å². The summed E-state index contributed by atoms with van der Waals surface area (Å²) in [4.78, 5) is 12.0. The van der Waals surface area contributed by atoms with E-state index in [1.54, 1.807) is 0 Å². The molecule has 0 aliphatic heterocycles. The van der Waals surface area contributed by atoms with Crippen molar-refractivity contribution in [1.82, 2.24) is 0 Å². The molecule has 3 saturated carbocycles. The Morgan fingerprint density at radius 3 is 2.86 bits per heavy atom. The minimum Gasteiger partial charge on any atom is -0.388 e. The molecule has 0 aromatic rings. The highest BCUT2D eigenvalue weighted by Gasteiger charge is 2.57. The minimum atomic E-state index is -0.303. The molecule has 0 aromatic carbocycles. The number of aliphatic hydroxyl groups is 1. The van der Waals surface area contributed by atoms with Gasteiger partial charge in [0.1, 0.15) is 0 Å². The van der Waals surface area contributed by atoms with Crippen molar-refractivity contribution in [2.24, 2.45) is 35.0 Å². The maximum atomic E-state index is 12.0. The number of hydrogen-bond donors (Lipinski definition) is 1. The van der Waals surface area contributed by atoms with Gasteiger partial charge in [0.2, 0.25) is 0 Å². The minimum absolute atomic E-state index is 0.0512. The fraction of sp³-hybridized carbons (Fsp3) is 0.750.